The van der Waals surface area contributed by atoms with E-state index in [1.165, 1.54) is 32.1 Å². The highest BCUT2D eigenvalue weighted by atomic mass is 32.2. The molecular weight excluding hydrogens is 444 g/mol. The van der Waals surface area contributed by atoms with E-state index >= 15 is 0 Å². The van der Waals surface area contributed by atoms with Crippen molar-refractivity contribution < 1.29 is 9.53 Å². The van der Waals surface area contributed by atoms with Gasteiger partial charge in [0.2, 0.25) is 5.91 Å². The van der Waals surface area contributed by atoms with Crippen molar-refractivity contribution in [3.05, 3.63) is 54.1 Å². The van der Waals surface area contributed by atoms with Gasteiger partial charge in [0.05, 0.1) is 24.2 Å². The molecule has 0 unspecified atom stereocenters. The number of likely N-dealkylation sites (tertiary alicyclic amines) is 1. The molecule has 2 heterocycles. The van der Waals surface area contributed by atoms with Gasteiger partial charge < -0.3 is 15.0 Å². The molecule has 0 spiro atoms. The molecule has 2 aromatic carbocycles. The number of H-pyrrole nitrogens is 1. The van der Waals surface area contributed by atoms with E-state index in [0.29, 0.717) is 17.7 Å². The highest BCUT2D eigenvalue weighted by Crippen LogP contribution is 2.35. The summed E-state index contributed by atoms with van der Waals surface area (Å²) in [6, 6.07) is 15.9. The van der Waals surface area contributed by atoms with Gasteiger partial charge in [-0.2, -0.15) is 0 Å². The maximum absolute atomic E-state index is 13.4. The van der Waals surface area contributed by atoms with Crippen LogP contribution in [0.3, 0.4) is 0 Å². The number of methoxy groups -OCH3 is 1. The summed E-state index contributed by atoms with van der Waals surface area (Å²) in [5.41, 5.74) is 3.06. The first-order chi connectivity index (χ1) is 16.7. The molecule has 34 heavy (non-hydrogen) atoms. The number of aromatic nitrogens is 2. The molecule has 3 aromatic rings. The molecule has 0 bridgehead atoms. The standard InChI is InChI=1S/C27H34N4O2S/c1-33-25-14-8-5-11-20(25)16-28-26(32)24-15-21(18-31(24)17-19-9-3-2-4-10-19)34-27-29-22-12-6-7-13-23(22)30-27/h5-8,11-14,19,21,24H,2-4,9-10,15-18H2,1H3,(H,28,32)(H,29,30)/t21-,24-/m0/s1. The lowest BCUT2D eigenvalue weighted by atomic mass is 9.89. The Labute approximate surface area is 205 Å². The summed E-state index contributed by atoms with van der Waals surface area (Å²) in [5, 5.41) is 4.48. The number of fused-ring (bicyclic) bond motifs is 1. The molecule has 2 N–H and O–H groups in total. The summed E-state index contributed by atoms with van der Waals surface area (Å²) < 4.78 is 5.46. The number of aromatic amines is 1. The summed E-state index contributed by atoms with van der Waals surface area (Å²) in [5.74, 6) is 1.63. The van der Waals surface area contributed by atoms with E-state index in [2.05, 4.69) is 21.3 Å². The van der Waals surface area contributed by atoms with Gasteiger partial charge in [0.15, 0.2) is 5.16 Å². The van der Waals surface area contributed by atoms with Crippen molar-refractivity contribution >= 4 is 28.7 Å². The van der Waals surface area contributed by atoms with E-state index in [1.807, 2.05) is 42.5 Å². The summed E-state index contributed by atoms with van der Waals surface area (Å²) in [4.78, 5) is 24.0. The molecule has 2 atom stereocenters. The average molecular weight is 479 g/mol. The van der Waals surface area contributed by atoms with E-state index in [1.54, 1.807) is 18.9 Å². The smallest absolute Gasteiger partial charge is 0.237 e. The molecular formula is C27H34N4O2S. The van der Waals surface area contributed by atoms with Gasteiger partial charge in [-0.15, -0.1) is 0 Å². The minimum absolute atomic E-state index is 0.0986. The molecule has 0 radical (unpaired) electrons. The number of nitrogens with zero attached hydrogens (tertiary/aromatic N) is 2. The number of hydrogen-bond donors (Lipinski definition) is 2. The van der Waals surface area contributed by atoms with Crippen molar-refractivity contribution in [3.8, 4) is 5.75 Å². The Morgan fingerprint density at radius 1 is 1.15 bits per heavy atom. The van der Waals surface area contributed by atoms with Gasteiger partial charge in [-0.1, -0.05) is 61.4 Å². The van der Waals surface area contributed by atoms with Crippen LogP contribution in [0.4, 0.5) is 0 Å². The predicted molar refractivity (Wildman–Crippen MR) is 137 cm³/mol. The highest BCUT2D eigenvalue weighted by Gasteiger charge is 2.38. The van der Waals surface area contributed by atoms with Crippen LogP contribution in [-0.2, 0) is 11.3 Å². The first kappa shape index (κ1) is 23.2. The minimum Gasteiger partial charge on any atom is -0.496 e. The Morgan fingerprint density at radius 2 is 1.94 bits per heavy atom. The third kappa shape index (κ3) is 5.41. The van der Waals surface area contributed by atoms with Crippen molar-refractivity contribution in [3.63, 3.8) is 0 Å². The fourth-order valence-electron chi connectivity index (χ4n) is 5.42. The van der Waals surface area contributed by atoms with E-state index < -0.39 is 0 Å². The molecule has 5 rings (SSSR count). The highest BCUT2D eigenvalue weighted by molar-refractivity contribution is 7.99. The van der Waals surface area contributed by atoms with Crippen molar-refractivity contribution in [2.24, 2.45) is 5.92 Å². The zero-order valence-corrected chi connectivity index (χ0v) is 20.7. The van der Waals surface area contributed by atoms with Gasteiger partial charge in [0.25, 0.3) is 0 Å². The van der Waals surface area contributed by atoms with E-state index in [9.17, 15) is 4.79 Å². The van der Waals surface area contributed by atoms with Crippen LogP contribution in [0.25, 0.3) is 11.0 Å². The molecule has 1 aliphatic heterocycles. The van der Waals surface area contributed by atoms with Crippen LogP contribution in [0.5, 0.6) is 5.75 Å². The molecule has 2 fully saturated rings. The van der Waals surface area contributed by atoms with Crippen LogP contribution < -0.4 is 10.1 Å². The van der Waals surface area contributed by atoms with Crippen molar-refractivity contribution in [2.45, 2.75) is 61.5 Å². The number of rotatable bonds is 8. The maximum Gasteiger partial charge on any atom is 0.237 e. The SMILES string of the molecule is COc1ccccc1CNC(=O)[C@@H]1C[C@H](Sc2nc3ccccc3[nH]2)CN1CC1CCCCC1. The first-order valence-corrected chi connectivity index (χ1v) is 13.3. The van der Waals surface area contributed by atoms with Gasteiger partial charge in [-0.05, 0) is 43.4 Å². The average Bonchev–Trinajstić information content (AvgIpc) is 3.46. The van der Waals surface area contributed by atoms with E-state index in [-0.39, 0.29) is 11.9 Å². The lowest BCUT2D eigenvalue weighted by molar-refractivity contribution is -0.125. The zero-order valence-electron chi connectivity index (χ0n) is 19.8. The molecule has 1 saturated heterocycles. The van der Waals surface area contributed by atoms with Crippen molar-refractivity contribution in [1.82, 2.24) is 20.2 Å². The van der Waals surface area contributed by atoms with E-state index in [4.69, 9.17) is 9.72 Å². The van der Waals surface area contributed by atoms with Gasteiger partial charge in [0, 0.05) is 30.4 Å². The summed E-state index contributed by atoms with van der Waals surface area (Å²) in [6.07, 6.45) is 7.40. The summed E-state index contributed by atoms with van der Waals surface area (Å²) >= 11 is 1.78. The first-order valence-electron chi connectivity index (χ1n) is 12.4. The zero-order chi connectivity index (χ0) is 23.3. The number of para-hydroxylation sites is 3. The number of imidazole rings is 1. The number of nitrogens with one attached hydrogen (secondary N) is 2. The molecule has 180 valence electrons. The Bertz CT molecular complexity index is 1080. The quantitative estimate of drug-likeness (QED) is 0.477. The number of carbonyl (C=O) groups is 1. The van der Waals surface area contributed by atoms with Crippen molar-refractivity contribution in [2.75, 3.05) is 20.2 Å². The Hall–Kier alpha value is -2.51. The molecule has 1 amide bonds. The van der Waals surface area contributed by atoms with Crippen LogP contribution >= 0.6 is 11.8 Å². The normalized spacial score (nSPS) is 21.7. The van der Waals surface area contributed by atoms with Crippen LogP contribution in [0.1, 0.15) is 44.1 Å². The van der Waals surface area contributed by atoms with Crippen LogP contribution in [0.2, 0.25) is 0 Å². The molecule has 6 nitrogen and oxygen atoms in total. The summed E-state index contributed by atoms with van der Waals surface area (Å²) in [7, 11) is 1.67. The second-order valence-electron chi connectivity index (χ2n) is 9.54. The molecule has 1 saturated carbocycles. The van der Waals surface area contributed by atoms with Crippen LogP contribution in [0, 0.1) is 5.92 Å². The van der Waals surface area contributed by atoms with Gasteiger partial charge in [0.1, 0.15) is 5.75 Å². The molecule has 1 aromatic heterocycles. The number of hydrogen-bond acceptors (Lipinski definition) is 5. The number of carbonyl (C=O) groups excluding carboxylic acids is 1. The Morgan fingerprint density at radius 3 is 2.76 bits per heavy atom. The summed E-state index contributed by atoms with van der Waals surface area (Å²) in [6.45, 7) is 2.42. The molecule has 2 aliphatic rings. The third-order valence-electron chi connectivity index (χ3n) is 7.18. The number of ether oxygens (including phenoxy) is 1. The topological polar surface area (TPSA) is 70.2 Å². The van der Waals surface area contributed by atoms with Gasteiger partial charge in [-0.3, -0.25) is 9.69 Å². The van der Waals surface area contributed by atoms with Gasteiger partial charge in [-0.25, -0.2) is 4.98 Å². The van der Waals surface area contributed by atoms with Crippen LogP contribution in [-0.4, -0.2) is 52.3 Å². The largest absolute Gasteiger partial charge is 0.496 e. The number of thioether (sulfide) groups is 1. The van der Waals surface area contributed by atoms with Gasteiger partial charge >= 0.3 is 0 Å². The lowest BCUT2D eigenvalue weighted by Gasteiger charge is -2.30. The second-order valence-corrected chi connectivity index (χ2v) is 10.8. The maximum atomic E-state index is 13.4. The number of amides is 1. The fraction of sp³-hybridized carbons (Fsp3) is 0.481. The lowest BCUT2D eigenvalue weighted by Crippen LogP contribution is -2.44. The van der Waals surface area contributed by atoms with Crippen molar-refractivity contribution in [1.29, 1.82) is 0 Å². The Balaban J connectivity index is 1.27. The minimum atomic E-state index is -0.0986. The molecule has 7 heteroatoms. The van der Waals surface area contributed by atoms with Crippen LogP contribution in [0.15, 0.2) is 53.7 Å². The second kappa shape index (κ2) is 10.8. The Kier molecular flexibility index (Phi) is 7.40. The number of benzene rings is 2. The van der Waals surface area contributed by atoms with E-state index in [0.717, 1.165) is 47.0 Å². The third-order valence-corrected chi connectivity index (χ3v) is 8.27. The predicted octanol–water partition coefficient (Wildman–Crippen LogP) is 5.00. The molecule has 1 aliphatic carbocycles. The monoisotopic (exact) mass is 478 g/mol. The fourth-order valence-corrected chi connectivity index (χ4v) is 6.60.